The Kier molecular flexibility index (Phi) is 6.42. The third-order valence-electron chi connectivity index (χ3n) is 4.64. The van der Waals surface area contributed by atoms with Crippen LogP contribution in [0, 0.1) is 0 Å². The van der Waals surface area contributed by atoms with Crippen LogP contribution in [-0.2, 0) is 6.61 Å². The van der Waals surface area contributed by atoms with Crippen molar-refractivity contribution < 1.29 is 9.26 Å². The van der Waals surface area contributed by atoms with Gasteiger partial charge in [-0.1, -0.05) is 23.4 Å². The SMILES string of the molecule is C[C@H]1C[C@@H](c2nc(-c3cccc(OCc4cccnc4)c3)no2)CCN1.Cl. The Balaban J connectivity index is 0.00000210. The predicted octanol–water partition coefficient (Wildman–Crippen LogP) is 3.99. The third-order valence-corrected chi connectivity index (χ3v) is 4.64. The van der Waals surface area contributed by atoms with Crippen molar-refractivity contribution >= 4 is 12.4 Å². The molecule has 142 valence electrons. The zero-order chi connectivity index (χ0) is 17.8. The van der Waals surface area contributed by atoms with Crippen molar-refractivity contribution in [1.29, 1.82) is 0 Å². The lowest BCUT2D eigenvalue weighted by Crippen LogP contribution is -2.34. The Morgan fingerprint density at radius 3 is 3.00 bits per heavy atom. The summed E-state index contributed by atoms with van der Waals surface area (Å²) in [4.78, 5) is 8.72. The summed E-state index contributed by atoms with van der Waals surface area (Å²) < 4.78 is 11.4. The molecule has 0 spiro atoms. The van der Waals surface area contributed by atoms with E-state index in [1.54, 1.807) is 12.4 Å². The minimum absolute atomic E-state index is 0. The normalized spacial score (nSPS) is 19.3. The molecule has 1 aromatic carbocycles. The van der Waals surface area contributed by atoms with Crippen molar-refractivity contribution in [2.45, 2.75) is 38.3 Å². The fourth-order valence-corrected chi connectivity index (χ4v) is 3.25. The summed E-state index contributed by atoms with van der Waals surface area (Å²) in [6.45, 7) is 3.65. The van der Waals surface area contributed by atoms with Crippen LogP contribution in [0.1, 0.15) is 37.1 Å². The molecule has 27 heavy (non-hydrogen) atoms. The number of piperidine rings is 1. The van der Waals surface area contributed by atoms with Crippen molar-refractivity contribution in [3.63, 3.8) is 0 Å². The molecule has 7 heteroatoms. The lowest BCUT2D eigenvalue weighted by molar-refractivity contribution is 0.295. The monoisotopic (exact) mass is 386 g/mol. The fraction of sp³-hybridized carbons (Fsp3) is 0.350. The first kappa shape index (κ1) is 19.3. The highest BCUT2D eigenvalue weighted by atomic mass is 35.5. The van der Waals surface area contributed by atoms with Crippen LogP contribution < -0.4 is 10.1 Å². The zero-order valence-electron chi connectivity index (χ0n) is 15.2. The van der Waals surface area contributed by atoms with Gasteiger partial charge < -0.3 is 14.6 Å². The summed E-state index contributed by atoms with van der Waals surface area (Å²) in [5.74, 6) is 2.44. The largest absolute Gasteiger partial charge is 0.489 e. The second kappa shape index (κ2) is 8.97. The van der Waals surface area contributed by atoms with E-state index in [1.807, 2.05) is 36.4 Å². The summed E-state index contributed by atoms with van der Waals surface area (Å²) in [6, 6.07) is 12.1. The first-order valence-corrected chi connectivity index (χ1v) is 8.97. The molecule has 2 atom stereocenters. The Morgan fingerprint density at radius 2 is 2.19 bits per heavy atom. The maximum absolute atomic E-state index is 5.86. The maximum atomic E-state index is 5.86. The van der Waals surface area contributed by atoms with Gasteiger partial charge in [0.05, 0.1) is 0 Å². The van der Waals surface area contributed by atoms with E-state index in [0.717, 1.165) is 42.2 Å². The Hall–Kier alpha value is -2.44. The Bertz CT molecular complexity index is 856. The van der Waals surface area contributed by atoms with Crippen LogP contribution in [-0.4, -0.2) is 27.7 Å². The molecule has 4 rings (SSSR count). The maximum Gasteiger partial charge on any atom is 0.230 e. The smallest absolute Gasteiger partial charge is 0.230 e. The van der Waals surface area contributed by atoms with Gasteiger partial charge in [-0.05, 0) is 44.5 Å². The van der Waals surface area contributed by atoms with Gasteiger partial charge in [-0.3, -0.25) is 4.98 Å². The van der Waals surface area contributed by atoms with E-state index in [-0.39, 0.29) is 12.4 Å². The van der Waals surface area contributed by atoms with Gasteiger partial charge in [0.15, 0.2) is 0 Å². The molecule has 3 aromatic rings. The molecule has 1 aliphatic heterocycles. The van der Waals surface area contributed by atoms with E-state index in [0.29, 0.717) is 24.4 Å². The average Bonchev–Trinajstić information content (AvgIpc) is 3.18. The fourth-order valence-electron chi connectivity index (χ4n) is 3.25. The van der Waals surface area contributed by atoms with E-state index in [4.69, 9.17) is 9.26 Å². The highest BCUT2D eigenvalue weighted by Gasteiger charge is 2.25. The molecule has 1 saturated heterocycles. The van der Waals surface area contributed by atoms with Gasteiger partial charge in [0.2, 0.25) is 11.7 Å². The second-order valence-electron chi connectivity index (χ2n) is 6.71. The van der Waals surface area contributed by atoms with E-state index in [1.165, 1.54) is 0 Å². The molecule has 0 unspecified atom stereocenters. The minimum Gasteiger partial charge on any atom is -0.489 e. The van der Waals surface area contributed by atoms with E-state index in [2.05, 4.69) is 27.4 Å². The average molecular weight is 387 g/mol. The number of benzene rings is 1. The number of hydrogen-bond acceptors (Lipinski definition) is 6. The van der Waals surface area contributed by atoms with E-state index in [9.17, 15) is 0 Å². The van der Waals surface area contributed by atoms with Crippen LogP contribution in [0.25, 0.3) is 11.4 Å². The van der Waals surface area contributed by atoms with Crippen molar-refractivity contribution in [3.8, 4) is 17.1 Å². The Morgan fingerprint density at radius 1 is 1.26 bits per heavy atom. The lowest BCUT2D eigenvalue weighted by Gasteiger charge is -2.25. The van der Waals surface area contributed by atoms with Crippen LogP contribution in [0.2, 0.25) is 0 Å². The number of ether oxygens (including phenoxy) is 1. The number of pyridine rings is 1. The standard InChI is InChI=1S/C20H22N4O2.ClH/c1-14-10-17(7-9-22-14)20-23-19(24-26-20)16-5-2-6-18(11-16)25-13-15-4-3-8-21-12-15;/h2-6,8,11-12,14,17,22H,7,9-10,13H2,1H3;1H/t14-,17-;/m0./s1. The number of nitrogens with one attached hydrogen (secondary N) is 1. The molecule has 2 aromatic heterocycles. The number of rotatable bonds is 5. The van der Waals surface area contributed by atoms with Crippen molar-refractivity contribution in [2.24, 2.45) is 0 Å². The third kappa shape index (κ3) is 4.84. The Labute approximate surface area is 164 Å². The van der Waals surface area contributed by atoms with Crippen molar-refractivity contribution in [1.82, 2.24) is 20.4 Å². The quantitative estimate of drug-likeness (QED) is 0.714. The number of nitrogens with zero attached hydrogens (tertiary/aromatic N) is 3. The molecular weight excluding hydrogens is 364 g/mol. The predicted molar refractivity (Wildman–Crippen MR) is 105 cm³/mol. The molecule has 1 fully saturated rings. The molecule has 0 aliphatic carbocycles. The lowest BCUT2D eigenvalue weighted by atomic mass is 9.93. The molecule has 0 bridgehead atoms. The molecular formula is C20H23ClN4O2. The topological polar surface area (TPSA) is 73.1 Å². The van der Waals surface area contributed by atoms with Gasteiger partial charge in [0.1, 0.15) is 12.4 Å². The van der Waals surface area contributed by atoms with Crippen LogP contribution in [0.4, 0.5) is 0 Å². The number of hydrogen-bond donors (Lipinski definition) is 1. The first-order valence-electron chi connectivity index (χ1n) is 8.97. The van der Waals surface area contributed by atoms with Crippen LogP contribution >= 0.6 is 12.4 Å². The summed E-state index contributed by atoms with van der Waals surface area (Å²) in [6.07, 6.45) is 5.60. The van der Waals surface area contributed by atoms with Gasteiger partial charge in [-0.15, -0.1) is 12.4 Å². The zero-order valence-corrected chi connectivity index (χ0v) is 16.0. The summed E-state index contributed by atoms with van der Waals surface area (Å²) in [5, 5.41) is 7.62. The van der Waals surface area contributed by atoms with Crippen LogP contribution in [0.5, 0.6) is 5.75 Å². The number of halogens is 1. The summed E-state index contributed by atoms with van der Waals surface area (Å²) in [7, 11) is 0. The van der Waals surface area contributed by atoms with E-state index >= 15 is 0 Å². The molecule has 1 N–H and O–H groups in total. The molecule has 0 saturated carbocycles. The highest BCUT2D eigenvalue weighted by Crippen LogP contribution is 2.29. The molecule has 0 radical (unpaired) electrons. The first-order chi connectivity index (χ1) is 12.8. The highest BCUT2D eigenvalue weighted by molar-refractivity contribution is 5.85. The van der Waals surface area contributed by atoms with Gasteiger partial charge in [-0.2, -0.15) is 4.98 Å². The molecule has 6 nitrogen and oxygen atoms in total. The molecule has 0 amide bonds. The summed E-state index contributed by atoms with van der Waals surface area (Å²) >= 11 is 0. The van der Waals surface area contributed by atoms with Gasteiger partial charge in [0.25, 0.3) is 0 Å². The summed E-state index contributed by atoms with van der Waals surface area (Å²) in [5.41, 5.74) is 1.92. The van der Waals surface area contributed by atoms with Crippen molar-refractivity contribution in [2.75, 3.05) is 6.54 Å². The van der Waals surface area contributed by atoms with Gasteiger partial charge in [-0.25, -0.2) is 0 Å². The van der Waals surface area contributed by atoms with E-state index < -0.39 is 0 Å². The number of aromatic nitrogens is 3. The van der Waals surface area contributed by atoms with Crippen LogP contribution in [0.15, 0.2) is 53.3 Å². The minimum atomic E-state index is 0. The van der Waals surface area contributed by atoms with Gasteiger partial charge >= 0.3 is 0 Å². The molecule has 1 aliphatic rings. The van der Waals surface area contributed by atoms with Crippen LogP contribution in [0.3, 0.4) is 0 Å². The van der Waals surface area contributed by atoms with Crippen molar-refractivity contribution in [3.05, 3.63) is 60.2 Å². The second-order valence-corrected chi connectivity index (χ2v) is 6.71. The molecule has 3 heterocycles. The van der Waals surface area contributed by atoms with Gasteiger partial charge in [0, 0.05) is 35.5 Å².